The van der Waals surface area contributed by atoms with Crippen LogP contribution < -0.4 is 9.64 Å². The molecule has 1 aliphatic rings. The van der Waals surface area contributed by atoms with Crippen LogP contribution >= 0.6 is 0 Å². The van der Waals surface area contributed by atoms with E-state index in [-0.39, 0.29) is 31.0 Å². The summed E-state index contributed by atoms with van der Waals surface area (Å²) in [6, 6.07) is 12.0. The van der Waals surface area contributed by atoms with Crippen LogP contribution in [-0.2, 0) is 14.3 Å². The highest BCUT2D eigenvalue weighted by atomic mass is 19.1. The van der Waals surface area contributed by atoms with Gasteiger partial charge in [0, 0.05) is 5.56 Å². The second-order valence-corrected chi connectivity index (χ2v) is 5.64. The fourth-order valence-corrected chi connectivity index (χ4v) is 2.56. The summed E-state index contributed by atoms with van der Waals surface area (Å²) in [5.74, 6) is -1.58. The fraction of sp³-hybridized carbons (Fsp3) is 0.211. The van der Waals surface area contributed by atoms with Crippen LogP contribution in [0.4, 0.5) is 10.1 Å². The van der Waals surface area contributed by atoms with E-state index >= 15 is 0 Å². The molecule has 0 aliphatic carbocycles. The topological polar surface area (TPSA) is 72.9 Å². The summed E-state index contributed by atoms with van der Waals surface area (Å²) >= 11 is 0. The van der Waals surface area contributed by atoms with Gasteiger partial charge in [-0.15, -0.1) is 0 Å². The Morgan fingerprint density at radius 2 is 1.96 bits per heavy atom. The molecule has 1 aliphatic heterocycles. The molecule has 0 aromatic heterocycles. The molecule has 1 heterocycles. The molecule has 0 unspecified atom stereocenters. The number of nitrogens with zero attached hydrogens (tertiary/aromatic N) is 1. The third-order valence-corrected chi connectivity index (χ3v) is 3.83. The van der Waals surface area contributed by atoms with Crippen LogP contribution in [-0.4, -0.2) is 37.4 Å². The van der Waals surface area contributed by atoms with E-state index in [9.17, 15) is 18.8 Å². The first-order chi connectivity index (χ1) is 12.5. The standard InChI is InChI=1S/C19H16FNO5/c20-14-5-3-4-13(10-14)16(22)12-26-19(24)11-21-15-6-1-2-7-17(15)25-9-8-18(21)23/h1-7,10H,8-9,11-12H2. The Labute approximate surface area is 149 Å². The van der Waals surface area contributed by atoms with Crippen molar-refractivity contribution in [2.24, 2.45) is 0 Å². The maximum atomic E-state index is 13.1. The van der Waals surface area contributed by atoms with Crippen LogP contribution in [0.3, 0.4) is 0 Å². The second-order valence-electron chi connectivity index (χ2n) is 5.64. The number of hydrogen-bond donors (Lipinski definition) is 0. The molecule has 1 amide bonds. The number of ketones is 1. The highest BCUT2D eigenvalue weighted by Gasteiger charge is 2.25. The summed E-state index contributed by atoms with van der Waals surface area (Å²) in [7, 11) is 0. The monoisotopic (exact) mass is 357 g/mol. The first-order valence-corrected chi connectivity index (χ1v) is 8.01. The van der Waals surface area contributed by atoms with E-state index in [1.807, 2.05) is 0 Å². The average molecular weight is 357 g/mol. The molecule has 0 bridgehead atoms. The third kappa shape index (κ3) is 4.05. The number of amides is 1. The number of fused-ring (bicyclic) bond motifs is 1. The number of carbonyl (C=O) groups excluding carboxylic acids is 3. The van der Waals surface area contributed by atoms with Crippen molar-refractivity contribution in [3.8, 4) is 5.75 Å². The fourth-order valence-electron chi connectivity index (χ4n) is 2.56. The van der Waals surface area contributed by atoms with Gasteiger partial charge in [0.2, 0.25) is 5.91 Å². The molecular weight excluding hydrogens is 341 g/mol. The Kier molecular flexibility index (Phi) is 5.26. The maximum Gasteiger partial charge on any atom is 0.326 e. The van der Waals surface area contributed by atoms with Crippen molar-refractivity contribution in [2.45, 2.75) is 6.42 Å². The number of benzene rings is 2. The molecule has 6 nitrogen and oxygen atoms in total. The van der Waals surface area contributed by atoms with Gasteiger partial charge in [-0.1, -0.05) is 24.3 Å². The summed E-state index contributed by atoms with van der Waals surface area (Å²) in [6.45, 7) is -0.641. The van der Waals surface area contributed by atoms with Gasteiger partial charge < -0.3 is 9.47 Å². The van der Waals surface area contributed by atoms with Gasteiger partial charge in [-0.05, 0) is 24.3 Å². The van der Waals surface area contributed by atoms with Crippen LogP contribution in [0, 0.1) is 5.82 Å². The number of esters is 1. The van der Waals surface area contributed by atoms with E-state index < -0.39 is 24.2 Å². The molecule has 26 heavy (non-hydrogen) atoms. The lowest BCUT2D eigenvalue weighted by Crippen LogP contribution is -2.36. The van der Waals surface area contributed by atoms with Crippen LogP contribution in [0.5, 0.6) is 5.75 Å². The van der Waals surface area contributed by atoms with Crippen molar-refractivity contribution >= 4 is 23.3 Å². The zero-order chi connectivity index (χ0) is 18.5. The molecular formula is C19H16FNO5. The Morgan fingerprint density at radius 1 is 1.15 bits per heavy atom. The minimum atomic E-state index is -0.736. The highest BCUT2D eigenvalue weighted by Crippen LogP contribution is 2.30. The third-order valence-electron chi connectivity index (χ3n) is 3.83. The summed E-state index contributed by atoms with van der Waals surface area (Å²) in [5, 5.41) is 0. The molecule has 0 radical (unpaired) electrons. The van der Waals surface area contributed by atoms with Crippen LogP contribution in [0.1, 0.15) is 16.8 Å². The van der Waals surface area contributed by atoms with E-state index in [1.54, 1.807) is 24.3 Å². The van der Waals surface area contributed by atoms with E-state index in [0.29, 0.717) is 11.4 Å². The normalized spacial score (nSPS) is 13.4. The number of carbonyl (C=O) groups is 3. The predicted octanol–water partition coefficient (Wildman–Crippen LogP) is 2.37. The number of Topliss-reactive ketones (excluding diaryl/α,β-unsaturated/α-hetero) is 1. The number of hydrogen-bond acceptors (Lipinski definition) is 5. The molecule has 0 fully saturated rings. The Morgan fingerprint density at radius 3 is 2.77 bits per heavy atom. The minimum Gasteiger partial charge on any atom is -0.491 e. The smallest absolute Gasteiger partial charge is 0.326 e. The molecule has 0 spiro atoms. The number of halogens is 1. The average Bonchev–Trinajstić information content (AvgIpc) is 2.79. The van der Waals surface area contributed by atoms with Gasteiger partial charge >= 0.3 is 5.97 Å². The quantitative estimate of drug-likeness (QED) is 0.607. The molecule has 0 N–H and O–H groups in total. The van der Waals surface area contributed by atoms with Gasteiger partial charge in [0.1, 0.15) is 18.1 Å². The van der Waals surface area contributed by atoms with Gasteiger partial charge in [-0.3, -0.25) is 19.3 Å². The first-order valence-electron chi connectivity index (χ1n) is 8.01. The van der Waals surface area contributed by atoms with Gasteiger partial charge in [-0.2, -0.15) is 0 Å². The lowest BCUT2D eigenvalue weighted by Gasteiger charge is -2.20. The summed E-state index contributed by atoms with van der Waals surface area (Å²) in [6.07, 6.45) is 0.129. The summed E-state index contributed by atoms with van der Waals surface area (Å²) in [5.41, 5.74) is 0.589. The van der Waals surface area contributed by atoms with Crippen molar-refractivity contribution in [3.63, 3.8) is 0 Å². The van der Waals surface area contributed by atoms with Crippen molar-refractivity contribution in [1.82, 2.24) is 0 Å². The van der Waals surface area contributed by atoms with Crippen molar-refractivity contribution in [2.75, 3.05) is 24.7 Å². The molecule has 0 saturated heterocycles. The number of para-hydroxylation sites is 2. The van der Waals surface area contributed by atoms with E-state index in [2.05, 4.69) is 0 Å². The van der Waals surface area contributed by atoms with Crippen LogP contribution in [0.15, 0.2) is 48.5 Å². The van der Waals surface area contributed by atoms with Crippen LogP contribution in [0.2, 0.25) is 0 Å². The summed E-state index contributed by atoms with van der Waals surface area (Å²) < 4.78 is 23.6. The Bertz CT molecular complexity index is 851. The van der Waals surface area contributed by atoms with Gasteiger partial charge in [0.05, 0.1) is 18.7 Å². The van der Waals surface area contributed by atoms with Gasteiger partial charge in [-0.25, -0.2) is 4.39 Å². The number of anilines is 1. The highest BCUT2D eigenvalue weighted by molar-refractivity contribution is 6.01. The molecule has 0 saturated carbocycles. The molecule has 3 rings (SSSR count). The molecule has 7 heteroatoms. The zero-order valence-corrected chi connectivity index (χ0v) is 13.8. The van der Waals surface area contributed by atoms with Crippen LogP contribution in [0.25, 0.3) is 0 Å². The van der Waals surface area contributed by atoms with Gasteiger partial charge in [0.25, 0.3) is 0 Å². The van der Waals surface area contributed by atoms with E-state index in [1.165, 1.54) is 23.1 Å². The Balaban J connectivity index is 1.64. The maximum absolute atomic E-state index is 13.1. The first kappa shape index (κ1) is 17.6. The molecule has 2 aromatic rings. The molecule has 0 atom stereocenters. The number of rotatable bonds is 5. The van der Waals surface area contributed by atoms with E-state index in [4.69, 9.17) is 9.47 Å². The Hall–Kier alpha value is -3.22. The molecule has 2 aromatic carbocycles. The van der Waals surface area contributed by atoms with E-state index in [0.717, 1.165) is 6.07 Å². The predicted molar refractivity (Wildman–Crippen MR) is 90.6 cm³/mol. The lowest BCUT2D eigenvalue weighted by atomic mass is 10.1. The number of ether oxygens (including phenoxy) is 2. The molecule has 134 valence electrons. The van der Waals surface area contributed by atoms with Crippen molar-refractivity contribution in [3.05, 3.63) is 59.9 Å². The lowest BCUT2D eigenvalue weighted by molar-refractivity contribution is -0.141. The van der Waals surface area contributed by atoms with Crippen molar-refractivity contribution in [1.29, 1.82) is 0 Å². The van der Waals surface area contributed by atoms with Gasteiger partial charge in [0.15, 0.2) is 12.4 Å². The zero-order valence-electron chi connectivity index (χ0n) is 13.8. The van der Waals surface area contributed by atoms with Crippen molar-refractivity contribution < 1.29 is 28.2 Å². The minimum absolute atomic E-state index is 0.113. The largest absolute Gasteiger partial charge is 0.491 e. The summed E-state index contributed by atoms with van der Waals surface area (Å²) in [4.78, 5) is 37.6. The second kappa shape index (κ2) is 7.77. The SMILES string of the molecule is O=C(CN1C(=O)CCOc2ccccc21)OCC(=O)c1cccc(F)c1.